The van der Waals surface area contributed by atoms with Crippen molar-refractivity contribution in [2.75, 3.05) is 18.9 Å². The maximum absolute atomic E-state index is 14.8. The van der Waals surface area contributed by atoms with Gasteiger partial charge >= 0.3 is 25.7 Å². The maximum Gasteiger partial charge on any atom is 0.459 e. The lowest BCUT2D eigenvalue weighted by atomic mass is 9.92. The van der Waals surface area contributed by atoms with Crippen molar-refractivity contribution in [1.82, 2.24) is 19.7 Å². The van der Waals surface area contributed by atoms with Gasteiger partial charge in [-0.05, 0) is 43.4 Å². The zero-order valence-corrected chi connectivity index (χ0v) is 31.7. The molecule has 53 heavy (non-hydrogen) atoms. The Bertz CT molecular complexity index is 1960. The van der Waals surface area contributed by atoms with E-state index in [-0.39, 0.29) is 36.9 Å². The van der Waals surface area contributed by atoms with Gasteiger partial charge in [0.05, 0.1) is 18.9 Å². The highest BCUT2D eigenvalue weighted by molar-refractivity contribution is 7.52. The van der Waals surface area contributed by atoms with Crippen LogP contribution in [0.15, 0.2) is 60.9 Å². The van der Waals surface area contributed by atoms with Crippen molar-refractivity contribution in [3.63, 3.8) is 0 Å². The summed E-state index contributed by atoms with van der Waals surface area (Å²) in [4.78, 5) is 42.9. The molecule has 0 saturated carbocycles. The molecule has 15 nitrogen and oxygen atoms in total. The van der Waals surface area contributed by atoms with Crippen molar-refractivity contribution in [2.24, 2.45) is 5.92 Å². The Kier molecular flexibility index (Phi) is 12.8. The minimum atomic E-state index is -4.46. The van der Waals surface area contributed by atoms with Gasteiger partial charge in [0.15, 0.2) is 18.0 Å². The first-order chi connectivity index (χ1) is 25.4. The molecule has 6 atom stereocenters. The second-order valence-corrected chi connectivity index (χ2v) is 14.7. The van der Waals surface area contributed by atoms with Gasteiger partial charge < -0.3 is 29.2 Å². The summed E-state index contributed by atoms with van der Waals surface area (Å²) < 4.78 is 52.5. The van der Waals surface area contributed by atoms with Gasteiger partial charge in [0, 0.05) is 18.2 Å². The van der Waals surface area contributed by atoms with E-state index in [1.807, 2.05) is 38.1 Å². The number of hydrogen-bond donors (Lipinski definition) is 2. The van der Waals surface area contributed by atoms with Crippen LogP contribution in [-0.4, -0.2) is 70.1 Å². The molecule has 3 heterocycles. The first-order valence-corrected chi connectivity index (χ1v) is 19.4. The summed E-state index contributed by atoms with van der Waals surface area (Å²) >= 11 is 0. The maximum atomic E-state index is 14.8. The highest BCUT2D eigenvalue weighted by Crippen LogP contribution is 2.49. The van der Waals surface area contributed by atoms with Crippen LogP contribution in [0.5, 0.6) is 5.75 Å². The third kappa shape index (κ3) is 8.81. The SMILES string of the molecule is CCC(=O)O[C@H]1[C@@H](OC(=O)CC)[C@](C)(c2ccc3c(N)ncnn23)O[C@@H]1COP(=O)(N[C@@H](C)C(=O)OCC(CC)CC)Oc1cccc2ccccc12. The van der Waals surface area contributed by atoms with Gasteiger partial charge in [-0.3, -0.25) is 18.9 Å². The molecule has 3 N–H and O–H groups in total. The molecule has 4 aromatic rings. The quantitative estimate of drug-likeness (QED) is 0.0738. The molecule has 1 saturated heterocycles. The molecule has 1 aliphatic rings. The largest absolute Gasteiger partial charge is 0.464 e. The standard InChI is InChI=1S/C37H48N5O10P/c1-7-24(8-2)20-47-36(45)23(5)41-53(46,52-28-17-13-15-25-14-11-12-16-26(25)28)48-21-29-33(49-31(43)9-3)34(50-32(44)10-4)37(6,51-29)30-19-18-27-35(38)39-22-40-42(27)30/h11-19,22-24,29,33-34H,7-10,20-21H2,1-6H3,(H,41,46)(H2,38,39,40)/t23-,29+,33+,34+,37-,53?/m0/s1. The van der Waals surface area contributed by atoms with Gasteiger partial charge in [0.2, 0.25) is 0 Å². The smallest absolute Gasteiger partial charge is 0.459 e. The predicted octanol–water partition coefficient (Wildman–Crippen LogP) is 5.88. The van der Waals surface area contributed by atoms with Crippen LogP contribution in [0.25, 0.3) is 16.3 Å². The number of nitrogens with two attached hydrogens (primary N) is 1. The van der Waals surface area contributed by atoms with E-state index in [0.717, 1.165) is 18.2 Å². The minimum Gasteiger partial charge on any atom is -0.464 e. The molecule has 1 unspecified atom stereocenters. The Morgan fingerprint density at radius 3 is 2.42 bits per heavy atom. The number of anilines is 1. The number of rotatable bonds is 17. The molecule has 16 heteroatoms. The molecule has 5 rings (SSSR count). The van der Waals surface area contributed by atoms with Crippen molar-refractivity contribution in [3.05, 3.63) is 66.6 Å². The van der Waals surface area contributed by atoms with E-state index in [1.165, 1.54) is 17.8 Å². The molecule has 0 bridgehead atoms. The topological polar surface area (TPSA) is 192 Å². The average molecular weight is 754 g/mol. The highest BCUT2D eigenvalue weighted by Gasteiger charge is 2.59. The van der Waals surface area contributed by atoms with E-state index in [1.54, 1.807) is 51.1 Å². The number of nitrogens with one attached hydrogen (secondary N) is 1. The lowest BCUT2D eigenvalue weighted by molar-refractivity contribution is -0.170. The predicted molar refractivity (Wildman–Crippen MR) is 196 cm³/mol. The number of aromatic nitrogens is 3. The first-order valence-electron chi connectivity index (χ1n) is 17.9. The monoisotopic (exact) mass is 753 g/mol. The lowest BCUT2D eigenvalue weighted by Crippen LogP contribution is -2.45. The fraction of sp³-hybridized carbons (Fsp3) is 0.486. The number of carbonyl (C=O) groups excluding carboxylic acids is 3. The summed E-state index contributed by atoms with van der Waals surface area (Å²) in [6, 6.07) is 14.9. The molecule has 0 radical (unpaired) electrons. The molecule has 0 spiro atoms. The minimum absolute atomic E-state index is 0.00778. The van der Waals surface area contributed by atoms with Gasteiger partial charge in [0.1, 0.15) is 35.3 Å². The molecule has 0 aliphatic carbocycles. The fourth-order valence-electron chi connectivity index (χ4n) is 6.20. The molecule has 2 aromatic heterocycles. The third-order valence-electron chi connectivity index (χ3n) is 9.40. The first kappa shape index (κ1) is 39.6. The van der Waals surface area contributed by atoms with E-state index in [9.17, 15) is 18.9 Å². The Hall–Kier alpha value is -4.56. The summed E-state index contributed by atoms with van der Waals surface area (Å²) in [6.45, 7) is 10.1. The van der Waals surface area contributed by atoms with Gasteiger partial charge in [0.25, 0.3) is 0 Å². The zero-order valence-electron chi connectivity index (χ0n) is 30.9. The number of fused-ring (bicyclic) bond motifs is 2. The molecule has 286 valence electrons. The van der Waals surface area contributed by atoms with E-state index < -0.39 is 62.2 Å². The normalized spacial score (nSPS) is 21.7. The third-order valence-corrected chi connectivity index (χ3v) is 11.0. The van der Waals surface area contributed by atoms with Crippen LogP contribution in [0.2, 0.25) is 0 Å². The Morgan fingerprint density at radius 1 is 1.00 bits per heavy atom. The number of nitrogens with zero attached hydrogens (tertiary/aromatic N) is 3. The van der Waals surface area contributed by atoms with Crippen molar-refractivity contribution in [1.29, 1.82) is 0 Å². The summed E-state index contributed by atoms with van der Waals surface area (Å²) in [7, 11) is -4.46. The van der Waals surface area contributed by atoms with Crippen LogP contribution in [0, 0.1) is 5.92 Å². The van der Waals surface area contributed by atoms with E-state index in [2.05, 4.69) is 15.2 Å². The number of ether oxygens (including phenoxy) is 4. The number of benzene rings is 2. The van der Waals surface area contributed by atoms with Crippen molar-refractivity contribution >= 4 is 47.8 Å². The summed E-state index contributed by atoms with van der Waals surface area (Å²) in [5.41, 5.74) is 5.51. The van der Waals surface area contributed by atoms with Crippen molar-refractivity contribution in [3.8, 4) is 5.75 Å². The zero-order chi connectivity index (χ0) is 38.3. The van der Waals surface area contributed by atoms with Crippen LogP contribution >= 0.6 is 7.75 Å². The van der Waals surface area contributed by atoms with Gasteiger partial charge in [-0.15, -0.1) is 0 Å². The van der Waals surface area contributed by atoms with E-state index >= 15 is 0 Å². The van der Waals surface area contributed by atoms with Crippen LogP contribution in [0.1, 0.15) is 72.9 Å². The highest BCUT2D eigenvalue weighted by atomic mass is 31.2. The van der Waals surface area contributed by atoms with Gasteiger partial charge in [-0.2, -0.15) is 10.2 Å². The molecular formula is C37H48N5O10P. The second kappa shape index (κ2) is 17.1. The lowest BCUT2D eigenvalue weighted by Gasteiger charge is -2.31. The fourth-order valence-corrected chi connectivity index (χ4v) is 7.72. The summed E-state index contributed by atoms with van der Waals surface area (Å²) in [5.74, 6) is -1.21. The van der Waals surface area contributed by atoms with E-state index in [0.29, 0.717) is 16.6 Å². The average Bonchev–Trinajstić information content (AvgIpc) is 3.71. The number of esters is 3. The Balaban J connectivity index is 1.51. The molecular weight excluding hydrogens is 705 g/mol. The Morgan fingerprint density at radius 2 is 1.70 bits per heavy atom. The number of carbonyl (C=O) groups is 3. The Labute approximate surface area is 308 Å². The summed E-state index contributed by atoms with van der Waals surface area (Å²) in [5, 5.41) is 8.55. The van der Waals surface area contributed by atoms with Crippen LogP contribution in [-0.2, 0) is 48.0 Å². The van der Waals surface area contributed by atoms with E-state index in [4.69, 9.17) is 33.7 Å². The second-order valence-electron chi connectivity index (χ2n) is 13.0. The van der Waals surface area contributed by atoms with Crippen LogP contribution in [0.4, 0.5) is 5.82 Å². The number of nitrogen functional groups attached to an aromatic ring is 1. The van der Waals surface area contributed by atoms with Crippen molar-refractivity contribution in [2.45, 2.75) is 97.2 Å². The molecule has 1 fully saturated rings. The molecule has 2 aromatic carbocycles. The summed E-state index contributed by atoms with van der Waals surface area (Å²) in [6.07, 6.45) is -0.651. The van der Waals surface area contributed by atoms with Crippen LogP contribution in [0.3, 0.4) is 0 Å². The van der Waals surface area contributed by atoms with Gasteiger partial charge in [-0.25, -0.2) is 14.1 Å². The molecule has 0 amide bonds. The van der Waals surface area contributed by atoms with Crippen molar-refractivity contribution < 1.29 is 46.9 Å². The molecule has 1 aliphatic heterocycles. The van der Waals surface area contributed by atoms with Crippen LogP contribution < -0.4 is 15.3 Å². The van der Waals surface area contributed by atoms with Gasteiger partial charge in [-0.1, -0.05) is 76.9 Å². The number of hydrogen-bond acceptors (Lipinski definition) is 13.